The molecule has 1 amide bonds. The highest BCUT2D eigenvalue weighted by Crippen LogP contribution is 2.36. The molecule has 0 unspecified atom stereocenters. The first-order valence-corrected chi connectivity index (χ1v) is 7.73. The van der Waals surface area contributed by atoms with Crippen molar-refractivity contribution in [2.24, 2.45) is 5.10 Å². The minimum absolute atomic E-state index is 0.206. The van der Waals surface area contributed by atoms with Gasteiger partial charge in [-0.1, -0.05) is 11.6 Å². The van der Waals surface area contributed by atoms with Gasteiger partial charge in [0, 0.05) is 18.0 Å². The van der Waals surface area contributed by atoms with Crippen molar-refractivity contribution in [3.63, 3.8) is 0 Å². The molecule has 8 nitrogen and oxygen atoms in total. The van der Waals surface area contributed by atoms with Crippen LogP contribution in [0, 0.1) is 0 Å². The quantitative estimate of drug-likeness (QED) is 0.450. The van der Waals surface area contributed by atoms with E-state index in [-0.39, 0.29) is 23.3 Å². The smallest absolute Gasteiger partial charge is 0.343 e. The van der Waals surface area contributed by atoms with E-state index in [1.54, 1.807) is 24.3 Å². The van der Waals surface area contributed by atoms with Crippen LogP contribution in [0.2, 0.25) is 5.02 Å². The van der Waals surface area contributed by atoms with Gasteiger partial charge in [-0.15, -0.1) is 0 Å². The van der Waals surface area contributed by atoms with Crippen molar-refractivity contribution < 1.29 is 23.8 Å². The van der Waals surface area contributed by atoms with Crippen LogP contribution in [-0.2, 0) is 9.53 Å². The van der Waals surface area contributed by atoms with Crippen LogP contribution in [0.15, 0.2) is 41.8 Å². The third-order valence-corrected chi connectivity index (χ3v) is 3.42. The number of methoxy groups -OCH3 is 2. The van der Waals surface area contributed by atoms with Gasteiger partial charge in [0.2, 0.25) is 0 Å². The van der Waals surface area contributed by atoms with Crippen LogP contribution in [0.5, 0.6) is 11.5 Å². The van der Waals surface area contributed by atoms with Crippen LogP contribution in [0.4, 0.5) is 0 Å². The summed E-state index contributed by atoms with van der Waals surface area (Å²) in [6, 6.07) is 6.29. The average molecular weight is 378 g/mol. The third kappa shape index (κ3) is 5.18. The Hall–Kier alpha value is -3.13. The summed E-state index contributed by atoms with van der Waals surface area (Å²) in [6.07, 6.45) is 4.42. The minimum atomic E-state index is -0.549. The number of pyridine rings is 1. The summed E-state index contributed by atoms with van der Waals surface area (Å²) in [4.78, 5) is 26.9. The van der Waals surface area contributed by atoms with Gasteiger partial charge in [0.15, 0.2) is 18.1 Å². The Morgan fingerprint density at radius 1 is 1.27 bits per heavy atom. The lowest BCUT2D eigenvalue weighted by Crippen LogP contribution is -2.17. The van der Waals surface area contributed by atoms with E-state index >= 15 is 0 Å². The standard InChI is InChI=1S/C17H16ClN3O5/c1-24-14-8-11(7-13(18)16(14)26-10-15(22)25-2)9-20-21-17(23)12-3-5-19-6-4-12/h3-9H,10H2,1-2H3,(H,21,23)/b20-9+. The van der Waals surface area contributed by atoms with E-state index in [1.165, 1.54) is 32.8 Å². The molecule has 0 fully saturated rings. The first kappa shape index (κ1) is 19.2. The van der Waals surface area contributed by atoms with Crippen LogP contribution in [0.1, 0.15) is 15.9 Å². The fourth-order valence-electron chi connectivity index (χ4n) is 1.88. The molecule has 1 N–H and O–H groups in total. The summed E-state index contributed by atoms with van der Waals surface area (Å²) in [7, 11) is 2.69. The van der Waals surface area contributed by atoms with Gasteiger partial charge in [0.1, 0.15) is 0 Å². The molecule has 1 heterocycles. The number of benzene rings is 1. The van der Waals surface area contributed by atoms with Crippen LogP contribution < -0.4 is 14.9 Å². The fraction of sp³-hybridized carbons (Fsp3) is 0.176. The second kappa shape index (κ2) is 9.38. The lowest BCUT2D eigenvalue weighted by molar-refractivity contribution is -0.142. The second-order valence-electron chi connectivity index (χ2n) is 4.83. The molecule has 0 atom stereocenters. The van der Waals surface area contributed by atoms with Gasteiger partial charge in [0.25, 0.3) is 5.91 Å². The topological polar surface area (TPSA) is 99.1 Å². The number of hydrazone groups is 1. The monoisotopic (exact) mass is 377 g/mol. The van der Waals surface area contributed by atoms with Gasteiger partial charge in [0.05, 0.1) is 25.5 Å². The molecule has 2 rings (SSSR count). The van der Waals surface area contributed by atoms with Gasteiger partial charge in [-0.2, -0.15) is 5.10 Å². The lowest BCUT2D eigenvalue weighted by atomic mass is 10.2. The number of amides is 1. The van der Waals surface area contributed by atoms with Crippen molar-refractivity contribution in [2.75, 3.05) is 20.8 Å². The Bertz CT molecular complexity index is 812. The number of hydrogen-bond acceptors (Lipinski definition) is 7. The molecule has 0 aliphatic carbocycles. The Kier molecular flexibility index (Phi) is 6.92. The van der Waals surface area contributed by atoms with Gasteiger partial charge in [-0.3, -0.25) is 9.78 Å². The fourth-order valence-corrected chi connectivity index (χ4v) is 2.15. The molecular weight excluding hydrogens is 362 g/mol. The molecular formula is C17H16ClN3O5. The Labute approximate surface area is 154 Å². The maximum Gasteiger partial charge on any atom is 0.343 e. The predicted molar refractivity (Wildman–Crippen MR) is 94.8 cm³/mol. The molecule has 2 aromatic rings. The number of nitrogens with one attached hydrogen (secondary N) is 1. The predicted octanol–water partition coefficient (Wildman–Crippen LogP) is 2.06. The van der Waals surface area contributed by atoms with E-state index < -0.39 is 5.97 Å². The molecule has 0 aliphatic heterocycles. The molecule has 0 saturated heterocycles. The van der Waals surface area contributed by atoms with E-state index in [0.29, 0.717) is 16.9 Å². The largest absolute Gasteiger partial charge is 0.493 e. The number of halogens is 1. The van der Waals surface area contributed by atoms with E-state index in [1.807, 2.05) is 0 Å². The zero-order valence-corrected chi connectivity index (χ0v) is 14.8. The summed E-state index contributed by atoms with van der Waals surface area (Å²) >= 11 is 6.16. The van der Waals surface area contributed by atoms with Crippen LogP contribution in [-0.4, -0.2) is 43.9 Å². The number of carbonyl (C=O) groups excluding carboxylic acids is 2. The minimum Gasteiger partial charge on any atom is -0.493 e. The first-order chi connectivity index (χ1) is 12.5. The van der Waals surface area contributed by atoms with Crippen LogP contribution in [0.25, 0.3) is 0 Å². The van der Waals surface area contributed by atoms with Crippen molar-refractivity contribution in [3.8, 4) is 11.5 Å². The van der Waals surface area contributed by atoms with Gasteiger partial charge < -0.3 is 14.2 Å². The molecule has 26 heavy (non-hydrogen) atoms. The van der Waals surface area contributed by atoms with Gasteiger partial charge in [-0.05, 0) is 29.8 Å². The maximum absolute atomic E-state index is 11.9. The normalized spacial score (nSPS) is 10.4. The van der Waals surface area contributed by atoms with Gasteiger partial charge in [-0.25, -0.2) is 10.2 Å². The Morgan fingerprint density at radius 3 is 2.65 bits per heavy atom. The number of carbonyl (C=O) groups is 2. The molecule has 0 saturated carbocycles. The van der Waals surface area contributed by atoms with E-state index in [9.17, 15) is 9.59 Å². The maximum atomic E-state index is 11.9. The SMILES string of the molecule is COC(=O)COc1c(Cl)cc(/C=N/NC(=O)c2ccncc2)cc1OC. The van der Waals surface area contributed by atoms with Crippen molar-refractivity contribution in [1.82, 2.24) is 10.4 Å². The summed E-state index contributed by atoms with van der Waals surface area (Å²) in [6.45, 7) is -0.304. The molecule has 1 aromatic carbocycles. The number of rotatable bonds is 7. The number of hydrogen-bond donors (Lipinski definition) is 1. The average Bonchev–Trinajstić information content (AvgIpc) is 2.67. The first-order valence-electron chi connectivity index (χ1n) is 7.35. The number of aromatic nitrogens is 1. The Balaban J connectivity index is 2.09. The van der Waals surface area contributed by atoms with Crippen molar-refractivity contribution in [1.29, 1.82) is 0 Å². The van der Waals surface area contributed by atoms with Gasteiger partial charge >= 0.3 is 5.97 Å². The van der Waals surface area contributed by atoms with E-state index in [0.717, 1.165) is 0 Å². The molecule has 0 bridgehead atoms. The summed E-state index contributed by atoms with van der Waals surface area (Å²) in [5.41, 5.74) is 3.39. The molecule has 0 spiro atoms. The molecule has 0 radical (unpaired) electrons. The van der Waals surface area contributed by atoms with E-state index in [4.69, 9.17) is 21.1 Å². The lowest BCUT2D eigenvalue weighted by Gasteiger charge is -2.12. The van der Waals surface area contributed by atoms with Crippen LogP contribution in [0.3, 0.4) is 0 Å². The Morgan fingerprint density at radius 2 is 2.00 bits per heavy atom. The molecule has 1 aromatic heterocycles. The number of esters is 1. The molecule has 0 aliphatic rings. The molecule has 9 heteroatoms. The van der Waals surface area contributed by atoms with E-state index in [2.05, 4.69) is 20.2 Å². The number of ether oxygens (including phenoxy) is 3. The summed E-state index contributed by atoms with van der Waals surface area (Å²) in [5.74, 6) is -0.409. The summed E-state index contributed by atoms with van der Waals surface area (Å²) in [5, 5.41) is 4.10. The molecule has 136 valence electrons. The second-order valence-corrected chi connectivity index (χ2v) is 5.24. The number of nitrogens with zero attached hydrogens (tertiary/aromatic N) is 2. The highest BCUT2D eigenvalue weighted by molar-refractivity contribution is 6.32. The third-order valence-electron chi connectivity index (χ3n) is 3.14. The van der Waals surface area contributed by atoms with Crippen LogP contribution >= 0.6 is 11.6 Å². The van der Waals surface area contributed by atoms with Crippen molar-refractivity contribution >= 4 is 29.7 Å². The van der Waals surface area contributed by atoms with Crippen molar-refractivity contribution in [2.45, 2.75) is 0 Å². The van der Waals surface area contributed by atoms with Crippen molar-refractivity contribution in [3.05, 3.63) is 52.8 Å². The zero-order valence-electron chi connectivity index (χ0n) is 14.1. The highest BCUT2D eigenvalue weighted by atomic mass is 35.5. The highest BCUT2D eigenvalue weighted by Gasteiger charge is 2.13. The zero-order chi connectivity index (χ0) is 18.9. The summed E-state index contributed by atoms with van der Waals surface area (Å²) < 4.78 is 15.0.